The Morgan fingerprint density at radius 3 is 2.68 bits per heavy atom. The van der Waals surface area contributed by atoms with Crippen LogP contribution in [0.3, 0.4) is 0 Å². The number of esters is 1. The first-order valence-corrected chi connectivity index (χ1v) is 6.72. The van der Waals surface area contributed by atoms with E-state index >= 15 is 0 Å². The molecule has 0 bridgehead atoms. The van der Waals surface area contributed by atoms with E-state index in [0.717, 1.165) is 16.7 Å². The summed E-state index contributed by atoms with van der Waals surface area (Å²) in [6.45, 7) is 5.59. The van der Waals surface area contributed by atoms with Gasteiger partial charge in [0.1, 0.15) is 6.10 Å². The number of ketones is 1. The van der Waals surface area contributed by atoms with Crippen molar-refractivity contribution in [3.8, 4) is 0 Å². The van der Waals surface area contributed by atoms with Crippen LogP contribution in [0.4, 0.5) is 0 Å². The number of ether oxygens (including phenoxy) is 1. The molecule has 3 rings (SSSR count). The van der Waals surface area contributed by atoms with Crippen molar-refractivity contribution in [2.75, 3.05) is 0 Å². The number of rotatable bonds is 0. The molecule has 19 heavy (non-hydrogen) atoms. The highest BCUT2D eigenvalue weighted by Gasteiger charge is 2.53. The maximum absolute atomic E-state index is 12.1. The molecule has 102 valence electrons. The fourth-order valence-electron chi connectivity index (χ4n) is 3.82. The minimum Gasteiger partial charge on any atom is -0.461 e. The van der Waals surface area contributed by atoms with Crippen LogP contribution in [0.25, 0.3) is 0 Å². The molecule has 1 N–H and O–H groups in total. The molecule has 1 heterocycles. The predicted molar refractivity (Wildman–Crippen MR) is 68.1 cm³/mol. The van der Waals surface area contributed by atoms with Gasteiger partial charge in [-0.05, 0) is 26.3 Å². The average molecular weight is 262 g/mol. The molecule has 1 fully saturated rings. The van der Waals surface area contributed by atoms with Crippen LogP contribution in [-0.2, 0) is 14.3 Å². The van der Waals surface area contributed by atoms with Crippen LogP contribution in [-0.4, -0.2) is 29.1 Å². The van der Waals surface area contributed by atoms with Gasteiger partial charge in [0.2, 0.25) is 0 Å². The predicted octanol–water partition coefficient (Wildman–Crippen LogP) is 1.39. The molecule has 0 amide bonds. The molecule has 4 unspecified atom stereocenters. The average Bonchev–Trinajstić information content (AvgIpc) is 2.72. The molecule has 0 aromatic heterocycles. The van der Waals surface area contributed by atoms with Crippen molar-refractivity contribution in [2.45, 2.75) is 39.4 Å². The largest absolute Gasteiger partial charge is 0.461 e. The number of hydrogen-bond acceptors (Lipinski definition) is 4. The van der Waals surface area contributed by atoms with Crippen molar-refractivity contribution in [1.82, 2.24) is 0 Å². The third-order valence-corrected chi connectivity index (χ3v) is 4.75. The van der Waals surface area contributed by atoms with Gasteiger partial charge in [-0.15, -0.1) is 0 Å². The summed E-state index contributed by atoms with van der Waals surface area (Å²) in [7, 11) is 0. The molecule has 0 spiro atoms. The number of hydrogen-bond donors (Lipinski definition) is 1. The second kappa shape index (κ2) is 4.04. The van der Waals surface area contributed by atoms with E-state index in [2.05, 4.69) is 0 Å². The Kier molecular flexibility index (Phi) is 2.68. The topological polar surface area (TPSA) is 63.6 Å². The van der Waals surface area contributed by atoms with Gasteiger partial charge in [-0.25, -0.2) is 0 Å². The van der Waals surface area contributed by atoms with E-state index in [1.54, 1.807) is 13.0 Å². The number of fused-ring (bicyclic) bond motifs is 3. The summed E-state index contributed by atoms with van der Waals surface area (Å²) in [5.41, 5.74) is 2.59. The number of aliphatic hydroxyl groups is 1. The van der Waals surface area contributed by atoms with Crippen LogP contribution >= 0.6 is 0 Å². The molecule has 0 saturated carbocycles. The first kappa shape index (κ1) is 12.6. The summed E-state index contributed by atoms with van der Waals surface area (Å²) >= 11 is 0. The van der Waals surface area contributed by atoms with Crippen LogP contribution in [0.5, 0.6) is 0 Å². The van der Waals surface area contributed by atoms with Gasteiger partial charge in [0.05, 0.1) is 12.0 Å². The highest BCUT2D eigenvalue weighted by molar-refractivity contribution is 6.09. The van der Waals surface area contributed by atoms with Crippen molar-refractivity contribution >= 4 is 11.8 Å². The second-order valence-electron chi connectivity index (χ2n) is 5.96. The molecule has 0 aromatic carbocycles. The zero-order chi connectivity index (χ0) is 13.9. The SMILES string of the molecule is CC1=CC(=O)C2=C(C)CC(O)C3C(C)C(=O)O[C@@H]3C12. The maximum atomic E-state index is 12.1. The molecule has 3 aliphatic rings. The highest BCUT2D eigenvalue weighted by atomic mass is 16.6. The highest BCUT2D eigenvalue weighted by Crippen LogP contribution is 2.47. The van der Waals surface area contributed by atoms with Crippen LogP contribution in [0, 0.1) is 17.8 Å². The summed E-state index contributed by atoms with van der Waals surface area (Å²) in [4.78, 5) is 23.9. The summed E-state index contributed by atoms with van der Waals surface area (Å²) in [5, 5.41) is 10.3. The van der Waals surface area contributed by atoms with Crippen molar-refractivity contribution in [3.63, 3.8) is 0 Å². The van der Waals surface area contributed by atoms with Gasteiger partial charge in [-0.3, -0.25) is 9.59 Å². The molecule has 1 saturated heterocycles. The summed E-state index contributed by atoms with van der Waals surface area (Å²) in [6, 6.07) is 0. The Balaban J connectivity index is 2.11. The van der Waals surface area contributed by atoms with E-state index in [-0.39, 0.29) is 29.5 Å². The Labute approximate surface area is 112 Å². The van der Waals surface area contributed by atoms with Crippen LogP contribution < -0.4 is 0 Å². The van der Waals surface area contributed by atoms with Crippen molar-refractivity contribution in [2.24, 2.45) is 17.8 Å². The third-order valence-electron chi connectivity index (χ3n) is 4.75. The smallest absolute Gasteiger partial charge is 0.309 e. The molecule has 0 aromatic rings. The number of aliphatic hydroxyl groups excluding tert-OH is 1. The van der Waals surface area contributed by atoms with Crippen molar-refractivity contribution in [3.05, 3.63) is 22.8 Å². The van der Waals surface area contributed by atoms with Gasteiger partial charge in [0, 0.05) is 17.4 Å². The van der Waals surface area contributed by atoms with Gasteiger partial charge < -0.3 is 9.84 Å². The maximum Gasteiger partial charge on any atom is 0.309 e. The fraction of sp³-hybridized carbons (Fsp3) is 0.600. The lowest BCUT2D eigenvalue weighted by molar-refractivity contribution is -0.144. The zero-order valence-corrected chi connectivity index (χ0v) is 11.3. The molecule has 0 radical (unpaired) electrons. The van der Waals surface area contributed by atoms with Crippen LogP contribution in [0.15, 0.2) is 22.8 Å². The zero-order valence-electron chi connectivity index (χ0n) is 11.3. The van der Waals surface area contributed by atoms with Gasteiger partial charge in [0.25, 0.3) is 0 Å². The molecule has 1 aliphatic heterocycles. The lowest BCUT2D eigenvalue weighted by Crippen LogP contribution is -2.35. The summed E-state index contributed by atoms with van der Waals surface area (Å²) < 4.78 is 5.48. The third kappa shape index (κ3) is 1.62. The van der Waals surface area contributed by atoms with Gasteiger partial charge in [-0.2, -0.15) is 0 Å². The van der Waals surface area contributed by atoms with E-state index in [0.29, 0.717) is 6.42 Å². The number of carbonyl (C=O) groups excluding carboxylic acids is 2. The monoisotopic (exact) mass is 262 g/mol. The van der Waals surface area contributed by atoms with Crippen molar-refractivity contribution < 1.29 is 19.4 Å². The fourth-order valence-corrected chi connectivity index (χ4v) is 3.82. The lowest BCUT2D eigenvalue weighted by atomic mass is 9.80. The first-order valence-electron chi connectivity index (χ1n) is 6.72. The Morgan fingerprint density at radius 2 is 2.00 bits per heavy atom. The number of allylic oxidation sites excluding steroid dienone is 1. The Bertz CT molecular complexity index is 528. The summed E-state index contributed by atoms with van der Waals surface area (Å²) in [5.74, 6) is -0.957. The van der Waals surface area contributed by atoms with Gasteiger partial charge in [0.15, 0.2) is 5.78 Å². The van der Waals surface area contributed by atoms with Gasteiger partial charge in [-0.1, -0.05) is 18.1 Å². The van der Waals surface area contributed by atoms with Crippen LogP contribution in [0.1, 0.15) is 27.2 Å². The molecule has 4 heteroatoms. The minimum absolute atomic E-state index is 0.00320. The molecular weight excluding hydrogens is 244 g/mol. The quantitative estimate of drug-likeness (QED) is 0.670. The summed E-state index contributed by atoms with van der Waals surface area (Å²) in [6.07, 6.45) is 1.06. The van der Waals surface area contributed by atoms with E-state index in [1.165, 1.54) is 0 Å². The molecule has 2 aliphatic carbocycles. The minimum atomic E-state index is -0.620. The lowest BCUT2D eigenvalue weighted by Gasteiger charge is -2.26. The van der Waals surface area contributed by atoms with E-state index in [9.17, 15) is 14.7 Å². The Morgan fingerprint density at radius 1 is 1.32 bits per heavy atom. The second-order valence-corrected chi connectivity index (χ2v) is 5.96. The Hall–Kier alpha value is -1.42. The van der Waals surface area contributed by atoms with Crippen LogP contribution in [0.2, 0.25) is 0 Å². The van der Waals surface area contributed by atoms with Crippen molar-refractivity contribution in [1.29, 1.82) is 0 Å². The molecule has 4 nitrogen and oxygen atoms in total. The van der Waals surface area contributed by atoms with E-state index in [1.807, 2.05) is 13.8 Å². The standard InChI is InChI=1S/C15H18O4/c1-6-4-10(17)13-8(3)15(18)19-14(13)12-7(2)5-9(16)11(6)12/h5,8,10,12-14,17H,4H2,1-3H3/t8?,10?,12?,13?,14-/m1/s1. The normalized spacial score (nSPS) is 41.7. The van der Waals surface area contributed by atoms with Gasteiger partial charge >= 0.3 is 5.97 Å². The van der Waals surface area contributed by atoms with E-state index < -0.39 is 12.2 Å². The number of carbonyl (C=O) groups is 2. The molecule has 5 atom stereocenters. The molecular formula is C15H18O4. The van der Waals surface area contributed by atoms with E-state index in [4.69, 9.17) is 4.74 Å². The first-order chi connectivity index (χ1) is 8.91.